The molecule has 2 heterocycles. The first-order valence-corrected chi connectivity index (χ1v) is 10.0. The van der Waals surface area contributed by atoms with Crippen LogP contribution in [0.5, 0.6) is 0 Å². The van der Waals surface area contributed by atoms with Crippen molar-refractivity contribution in [2.75, 3.05) is 6.61 Å². The molecule has 2 aromatic carbocycles. The van der Waals surface area contributed by atoms with Crippen LogP contribution in [0, 0.1) is 0 Å². The van der Waals surface area contributed by atoms with Crippen molar-refractivity contribution in [1.82, 2.24) is 9.55 Å². The monoisotopic (exact) mass is 434 g/mol. The second kappa shape index (κ2) is 7.49. The van der Waals surface area contributed by atoms with Crippen molar-refractivity contribution in [2.45, 2.75) is 24.9 Å². The number of ether oxygens (including phenoxy) is 1. The summed E-state index contributed by atoms with van der Waals surface area (Å²) in [6.07, 6.45) is -1.32. The molecule has 1 fully saturated rings. The summed E-state index contributed by atoms with van der Waals surface area (Å²) in [5, 5.41) is 19.3. The van der Waals surface area contributed by atoms with Crippen LogP contribution >= 0.6 is 0 Å². The Morgan fingerprint density at radius 2 is 1.59 bits per heavy atom. The van der Waals surface area contributed by atoms with Gasteiger partial charge in [-0.05, 0) is 17.7 Å². The average Bonchev–Trinajstić information content (AvgIpc) is 3.17. The normalized spacial score (nSPS) is 22.0. The minimum Gasteiger partial charge on any atom is -0.394 e. The highest BCUT2D eigenvalue weighted by molar-refractivity contribution is 6.28. The summed E-state index contributed by atoms with van der Waals surface area (Å²) in [5.41, 5.74) is 0.0927. The number of nitrogens with zero attached hydrogens (tertiary/aromatic N) is 1. The van der Waals surface area contributed by atoms with Gasteiger partial charge in [-0.2, -0.15) is 0 Å². The maximum absolute atomic E-state index is 13.0. The third kappa shape index (κ3) is 3.06. The van der Waals surface area contributed by atoms with Gasteiger partial charge < -0.3 is 14.9 Å². The van der Waals surface area contributed by atoms with Crippen molar-refractivity contribution in [1.29, 1.82) is 0 Å². The maximum Gasteiger partial charge on any atom is 0.330 e. The molecule has 1 aliphatic carbocycles. The number of nitrogens with one attached hydrogen (secondary N) is 1. The number of H-pyrrole nitrogens is 1. The molecule has 9 heteroatoms. The number of carbonyl (C=O) groups excluding carboxylic acids is 2. The fourth-order valence-electron chi connectivity index (χ4n) is 4.22. The van der Waals surface area contributed by atoms with E-state index < -0.39 is 36.3 Å². The van der Waals surface area contributed by atoms with E-state index in [2.05, 4.69) is 4.98 Å². The predicted octanol–water partition coefficient (Wildman–Crippen LogP) is 0.620. The molecule has 1 saturated heterocycles. The van der Waals surface area contributed by atoms with Crippen LogP contribution in [0.25, 0.3) is 11.1 Å². The second-order valence-electron chi connectivity index (χ2n) is 7.79. The lowest BCUT2D eigenvalue weighted by atomic mass is 9.83. The van der Waals surface area contributed by atoms with E-state index in [0.717, 1.165) is 4.57 Å². The molecule has 0 spiro atoms. The summed E-state index contributed by atoms with van der Waals surface area (Å²) < 4.78 is 6.66. The van der Waals surface area contributed by atoms with Gasteiger partial charge in [0.1, 0.15) is 12.3 Å². The van der Waals surface area contributed by atoms with Gasteiger partial charge >= 0.3 is 5.69 Å². The van der Waals surface area contributed by atoms with E-state index in [1.165, 1.54) is 24.4 Å². The molecule has 1 aromatic heterocycles. The number of aromatic nitrogens is 2. The molecule has 32 heavy (non-hydrogen) atoms. The van der Waals surface area contributed by atoms with E-state index in [1.807, 2.05) is 0 Å². The zero-order valence-electron chi connectivity index (χ0n) is 16.6. The molecule has 3 N–H and O–H groups in total. The average molecular weight is 434 g/mol. The zero-order chi connectivity index (χ0) is 22.6. The maximum atomic E-state index is 13.0. The van der Waals surface area contributed by atoms with Crippen LogP contribution in [0.3, 0.4) is 0 Å². The lowest BCUT2D eigenvalue weighted by Crippen LogP contribution is -2.33. The molecular weight excluding hydrogens is 416 g/mol. The van der Waals surface area contributed by atoms with Crippen molar-refractivity contribution in [3.05, 3.63) is 91.8 Å². The van der Waals surface area contributed by atoms with E-state index >= 15 is 0 Å². The van der Waals surface area contributed by atoms with Crippen LogP contribution in [0.2, 0.25) is 0 Å². The summed E-state index contributed by atoms with van der Waals surface area (Å²) in [6, 6.07) is 11.0. The smallest absolute Gasteiger partial charge is 0.330 e. The minimum atomic E-state index is -0.959. The van der Waals surface area contributed by atoms with Crippen molar-refractivity contribution in [3.8, 4) is 11.1 Å². The quantitative estimate of drug-likeness (QED) is 0.430. The number of fused-ring (bicyclic) bond motifs is 2. The molecule has 2 aliphatic rings. The lowest BCUT2D eigenvalue weighted by Gasteiger charge is -2.18. The second-order valence-corrected chi connectivity index (χ2v) is 7.79. The highest BCUT2D eigenvalue weighted by Crippen LogP contribution is 2.31. The standard InChI is InChI=1S/C23H18N2O7/c26-10-18-17(27)8-19(32-18)25-9-16(22(30)24-23(25)31)11-5-6-14-15(7-11)21(29)13-4-2-1-3-12(13)20(14)28/h1-7,9,17-19,26-27H,8,10H2,(H,24,30,31)/t17-,18+,19+/m0/s1. The van der Waals surface area contributed by atoms with Gasteiger partial charge in [0.25, 0.3) is 5.56 Å². The number of aliphatic hydroxyl groups excluding tert-OH is 2. The molecular formula is C23H18N2O7. The first kappa shape index (κ1) is 20.3. The van der Waals surface area contributed by atoms with Gasteiger partial charge in [-0.3, -0.25) is 23.9 Å². The Bertz CT molecular complexity index is 1390. The van der Waals surface area contributed by atoms with E-state index in [4.69, 9.17) is 4.74 Å². The Hall–Kier alpha value is -3.66. The third-order valence-electron chi connectivity index (χ3n) is 5.90. The van der Waals surface area contributed by atoms with Crippen LogP contribution in [0.4, 0.5) is 0 Å². The first-order chi connectivity index (χ1) is 15.4. The van der Waals surface area contributed by atoms with Crippen molar-refractivity contribution in [2.24, 2.45) is 0 Å². The number of ketones is 2. The van der Waals surface area contributed by atoms with E-state index in [-0.39, 0.29) is 34.7 Å². The molecule has 162 valence electrons. The van der Waals surface area contributed by atoms with Crippen LogP contribution in [-0.4, -0.2) is 50.1 Å². The lowest BCUT2D eigenvalue weighted by molar-refractivity contribution is -0.0458. The Labute approximate surface area is 180 Å². The Morgan fingerprint density at radius 3 is 2.25 bits per heavy atom. The third-order valence-corrected chi connectivity index (χ3v) is 5.90. The molecule has 0 unspecified atom stereocenters. The number of hydrogen-bond acceptors (Lipinski definition) is 7. The van der Waals surface area contributed by atoms with Crippen molar-refractivity contribution < 1.29 is 24.5 Å². The Morgan fingerprint density at radius 1 is 0.938 bits per heavy atom. The largest absolute Gasteiger partial charge is 0.394 e. The fraction of sp³-hybridized carbons (Fsp3) is 0.217. The summed E-state index contributed by atoms with van der Waals surface area (Å²) in [5.74, 6) is -0.598. The molecule has 0 bridgehead atoms. The van der Waals surface area contributed by atoms with Gasteiger partial charge in [-0.15, -0.1) is 0 Å². The van der Waals surface area contributed by atoms with E-state index in [0.29, 0.717) is 16.7 Å². The number of benzene rings is 2. The minimum absolute atomic E-state index is 0.0601. The number of aliphatic hydroxyl groups is 2. The van der Waals surface area contributed by atoms with E-state index in [1.54, 1.807) is 24.3 Å². The number of aromatic amines is 1. The van der Waals surface area contributed by atoms with Gasteiger partial charge in [0.05, 0.1) is 18.3 Å². The molecule has 3 aromatic rings. The number of rotatable bonds is 3. The van der Waals surface area contributed by atoms with Gasteiger partial charge in [0, 0.05) is 34.9 Å². The van der Waals surface area contributed by atoms with Gasteiger partial charge in [0.2, 0.25) is 0 Å². The molecule has 0 radical (unpaired) electrons. The highest BCUT2D eigenvalue weighted by atomic mass is 16.5. The Balaban J connectivity index is 1.60. The zero-order valence-corrected chi connectivity index (χ0v) is 16.6. The molecule has 1 aliphatic heterocycles. The van der Waals surface area contributed by atoms with Crippen molar-refractivity contribution in [3.63, 3.8) is 0 Å². The summed E-state index contributed by atoms with van der Waals surface area (Å²) in [6.45, 7) is -0.412. The summed E-state index contributed by atoms with van der Waals surface area (Å²) in [7, 11) is 0. The highest BCUT2D eigenvalue weighted by Gasteiger charge is 2.35. The molecule has 5 rings (SSSR count). The van der Waals surface area contributed by atoms with Crippen LogP contribution in [-0.2, 0) is 4.74 Å². The molecule has 0 saturated carbocycles. The van der Waals surface area contributed by atoms with Crippen LogP contribution in [0.15, 0.2) is 58.3 Å². The van der Waals surface area contributed by atoms with Gasteiger partial charge in [-0.1, -0.05) is 30.3 Å². The summed E-state index contributed by atoms with van der Waals surface area (Å²) in [4.78, 5) is 52.9. The van der Waals surface area contributed by atoms with Gasteiger partial charge in [0.15, 0.2) is 11.6 Å². The predicted molar refractivity (Wildman–Crippen MR) is 112 cm³/mol. The van der Waals surface area contributed by atoms with Crippen LogP contribution in [0.1, 0.15) is 44.5 Å². The Kier molecular flexibility index (Phi) is 4.74. The molecule has 0 amide bonds. The van der Waals surface area contributed by atoms with Gasteiger partial charge in [-0.25, -0.2) is 4.79 Å². The fourth-order valence-corrected chi connectivity index (χ4v) is 4.22. The first-order valence-electron chi connectivity index (χ1n) is 10.0. The molecule has 3 atom stereocenters. The topological polar surface area (TPSA) is 139 Å². The summed E-state index contributed by atoms with van der Waals surface area (Å²) >= 11 is 0. The van der Waals surface area contributed by atoms with E-state index in [9.17, 15) is 29.4 Å². The number of hydrogen-bond donors (Lipinski definition) is 3. The van der Waals surface area contributed by atoms with Crippen LogP contribution < -0.4 is 11.2 Å². The SMILES string of the molecule is O=C1c2ccccc2C(=O)c2cc(-c3cn([C@H]4C[C@H](O)[C@@H](CO)O4)c(=O)[nH]c3=O)ccc21. The number of carbonyl (C=O) groups is 2. The molecule has 9 nitrogen and oxygen atoms in total. The van der Waals surface area contributed by atoms with Crippen molar-refractivity contribution >= 4 is 11.6 Å².